The van der Waals surface area contributed by atoms with Gasteiger partial charge in [-0.2, -0.15) is 4.31 Å². The predicted molar refractivity (Wildman–Crippen MR) is 58.3 cm³/mol. The van der Waals surface area contributed by atoms with Crippen LogP contribution in [0.2, 0.25) is 0 Å². The lowest BCUT2D eigenvalue weighted by atomic mass is 9.98. The Labute approximate surface area is 86.8 Å². The van der Waals surface area contributed by atoms with Gasteiger partial charge in [0.2, 0.25) is 10.0 Å². The molecule has 1 unspecified atom stereocenters. The van der Waals surface area contributed by atoms with Crippen LogP contribution >= 0.6 is 0 Å². The molecule has 0 aromatic heterocycles. The summed E-state index contributed by atoms with van der Waals surface area (Å²) in [6, 6.07) is 0. The van der Waals surface area contributed by atoms with Crippen LogP contribution in [0.3, 0.4) is 0 Å². The van der Waals surface area contributed by atoms with Crippen molar-refractivity contribution in [3.8, 4) is 0 Å². The fourth-order valence-corrected chi connectivity index (χ4v) is 2.86. The molecule has 0 bridgehead atoms. The molecule has 0 aromatic carbocycles. The van der Waals surface area contributed by atoms with Crippen molar-refractivity contribution >= 4 is 10.0 Å². The van der Waals surface area contributed by atoms with E-state index in [-0.39, 0.29) is 0 Å². The van der Waals surface area contributed by atoms with Crippen molar-refractivity contribution in [3.63, 3.8) is 0 Å². The summed E-state index contributed by atoms with van der Waals surface area (Å²) in [5.41, 5.74) is 0. The Hall–Kier alpha value is -0.350. The highest BCUT2D eigenvalue weighted by Crippen LogP contribution is 2.21. The van der Waals surface area contributed by atoms with Gasteiger partial charge in [0.25, 0.3) is 0 Å². The lowest BCUT2D eigenvalue weighted by Gasteiger charge is -2.17. The van der Waals surface area contributed by atoms with Crippen molar-refractivity contribution in [2.24, 2.45) is 5.92 Å². The molecule has 1 saturated heterocycles. The highest BCUT2D eigenvalue weighted by molar-refractivity contribution is 7.92. The quantitative estimate of drug-likeness (QED) is 0.725. The normalized spacial score (nSPS) is 25.6. The standard InChI is InChI=1S/C10H19NO2S/c1-3-10-6-5-8-11(9-7-10)14(12,13)4-2/h4,10H,2-3,5-9H2,1H3. The van der Waals surface area contributed by atoms with Crippen LogP contribution in [0.25, 0.3) is 0 Å². The van der Waals surface area contributed by atoms with E-state index in [0.29, 0.717) is 19.0 Å². The molecule has 1 atom stereocenters. The topological polar surface area (TPSA) is 37.4 Å². The van der Waals surface area contributed by atoms with Crippen molar-refractivity contribution in [1.29, 1.82) is 0 Å². The third-order valence-corrected chi connectivity index (χ3v) is 4.46. The van der Waals surface area contributed by atoms with Gasteiger partial charge in [0.05, 0.1) is 0 Å². The Balaban J connectivity index is 2.63. The molecule has 14 heavy (non-hydrogen) atoms. The molecule has 3 nitrogen and oxygen atoms in total. The van der Waals surface area contributed by atoms with Gasteiger partial charge >= 0.3 is 0 Å². The van der Waals surface area contributed by atoms with Gasteiger partial charge in [0.1, 0.15) is 0 Å². The molecule has 1 heterocycles. The van der Waals surface area contributed by atoms with Gasteiger partial charge in [0.15, 0.2) is 0 Å². The zero-order chi connectivity index (χ0) is 10.6. The van der Waals surface area contributed by atoms with Crippen molar-refractivity contribution in [2.45, 2.75) is 32.6 Å². The Morgan fingerprint density at radius 3 is 2.71 bits per heavy atom. The molecule has 0 aromatic rings. The molecule has 0 amide bonds. The second-order valence-electron chi connectivity index (χ2n) is 3.82. The van der Waals surface area contributed by atoms with Crippen molar-refractivity contribution in [2.75, 3.05) is 13.1 Å². The molecule has 82 valence electrons. The van der Waals surface area contributed by atoms with E-state index in [1.54, 1.807) is 4.31 Å². The van der Waals surface area contributed by atoms with Gasteiger partial charge in [-0.3, -0.25) is 0 Å². The fraction of sp³-hybridized carbons (Fsp3) is 0.800. The van der Waals surface area contributed by atoms with Gasteiger partial charge in [0, 0.05) is 18.5 Å². The van der Waals surface area contributed by atoms with Crippen LogP contribution in [0.1, 0.15) is 32.6 Å². The average Bonchev–Trinajstić information content (AvgIpc) is 2.42. The van der Waals surface area contributed by atoms with Gasteiger partial charge < -0.3 is 0 Å². The van der Waals surface area contributed by atoms with Crippen LogP contribution in [-0.4, -0.2) is 25.8 Å². The lowest BCUT2D eigenvalue weighted by Crippen LogP contribution is -2.30. The number of nitrogens with zero attached hydrogens (tertiary/aromatic N) is 1. The van der Waals surface area contributed by atoms with Gasteiger partial charge in [-0.15, -0.1) is 0 Å². The molecule has 0 radical (unpaired) electrons. The van der Waals surface area contributed by atoms with E-state index in [4.69, 9.17) is 0 Å². The maximum absolute atomic E-state index is 11.5. The van der Waals surface area contributed by atoms with Crippen molar-refractivity contribution in [1.82, 2.24) is 4.31 Å². The first-order chi connectivity index (χ1) is 6.60. The summed E-state index contributed by atoms with van der Waals surface area (Å²) in [5, 5.41) is 1.05. The molecule has 0 N–H and O–H groups in total. The largest absolute Gasteiger partial charge is 0.235 e. The molecule has 0 saturated carbocycles. The molecule has 1 rings (SSSR count). The van der Waals surface area contributed by atoms with E-state index in [1.165, 1.54) is 0 Å². The maximum Gasteiger partial charge on any atom is 0.235 e. The summed E-state index contributed by atoms with van der Waals surface area (Å²) in [6.07, 6.45) is 4.27. The van der Waals surface area contributed by atoms with Crippen LogP contribution in [-0.2, 0) is 10.0 Å². The smallest absolute Gasteiger partial charge is 0.208 e. The monoisotopic (exact) mass is 217 g/mol. The molecule has 1 aliphatic rings. The van der Waals surface area contributed by atoms with Gasteiger partial charge in [-0.25, -0.2) is 8.42 Å². The van der Waals surface area contributed by atoms with Gasteiger partial charge in [-0.05, 0) is 25.2 Å². The van der Waals surface area contributed by atoms with Crippen LogP contribution in [0, 0.1) is 5.92 Å². The number of rotatable bonds is 3. The van der Waals surface area contributed by atoms with Crippen LogP contribution in [0.15, 0.2) is 12.0 Å². The van der Waals surface area contributed by atoms with E-state index < -0.39 is 10.0 Å². The van der Waals surface area contributed by atoms with Crippen LogP contribution in [0.4, 0.5) is 0 Å². The van der Waals surface area contributed by atoms with Crippen LogP contribution in [0.5, 0.6) is 0 Å². The first-order valence-electron chi connectivity index (χ1n) is 5.22. The summed E-state index contributed by atoms with van der Waals surface area (Å²) in [5.74, 6) is 0.694. The van der Waals surface area contributed by atoms with E-state index in [2.05, 4.69) is 13.5 Å². The third-order valence-electron chi connectivity index (χ3n) is 2.95. The Kier molecular flexibility index (Phi) is 4.13. The Morgan fingerprint density at radius 1 is 1.43 bits per heavy atom. The van der Waals surface area contributed by atoms with E-state index >= 15 is 0 Å². The Bertz CT molecular complexity index is 284. The molecular weight excluding hydrogens is 198 g/mol. The first-order valence-corrected chi connectivity index (χ1v) is 6.73. The summed E-state index contributed by atoms with van der Waals surface area (Å²) in [7, 11) is -3.18. The number of sulfonamides is 1. The zero-order valence-electron chi connectivity index (χ0n) is 8.78. The minimum absolute atomic E-state index is 0.658. The number of hydrogen-bond acceptors (Lipinski definition) is 2. The maximum atomic E-state index is 11.5. The second-order valence-corrected chi connectivity index (χ2v) is 5.70. The van der Waals surface area contributed by atoms with Gasteiger partial charge in [-0.1, -0.05) is 19.9 Å². The minimum atomic E-state index is -3.18. The van der Waals surface area contributed by atoms with E-state index in [9.17, 15) is 8.42 Å². The highest BCUT2D eigenvalue weighted by Gasteiger charge is 2.22. The molecule has 0 spiro atoms. The van der Waals surface area contributed by atoms with E-state index in [1.807, 2.05) is 0 Å². The fourth-order valence-electron chi connectivity index (χ4n) is 1.91. The summed E-state index contributed by atoms with van der Waals surface area (Å²) >= 11 is 0. The summed E-state index contributed by atoms with van der Waals surface area (Å²) in [4.78, 5) is 0. The second kappa shape index (κ2) is 4.94. The number of hydrogen-bond donors (Lipinski definition) is 0. The molecule has 4 heteroatoms. The summed E-state index contributed by atoms with van der Waals surface area (Å²) < 4.78 is 24.6. The first kappa shape index (κ1) is 11.7. The average molecular weight is 217 g/mol. The molecule has 1 fully saturated rings. The van der Waals surface area contributed by atoms with Crippen molar-refractivity contribution in [3.05, 3.63) is 12.0 Å². The molecular formula is C10H19NO2S. The SMILES string of the molecule is C=CS(=O)(=O)N1CCCC(CC)CC1. The van der Waals surface area contributed by atoms with Crippen LogP contribution < -0.4 is 0 Å². The summed E-state index contributed by atoms with van der Waals surface area (Å²) in [6.45, 7) is 6.83. The van der Waals surface area contributed by atoms with Crippen molar-refractivity contribution < 1.29 is 8.42 Å². The highest BCUT2D eigenvalue weighted by atomic mass is 32.2. The molecule has 0 aliphatic carbocycles. The zero-order valence-corrected chi connectivity index (χ0v) is 9.59. The third kappa shape index (κ3) is 2.82. The minimum Gasteiger partial charge on any atom is -0.208 e. The Morgan fingerprint density at radius 2 is 2.14 bits per heavy atom. The molecule has 1 aliphatic heterocycles. The predicted octanol–water partition coefficient (Wildman–Crippen LogP) is 1.97. The lowest BCUT2D eigenvalue weighted by molar-refractivity contribution is 0.412. The van der Waals surface area contributed by atoms with E-state index in [0.717, 1.165) is 31.1 Å².